The molecule has 134 valence electrons. The summed E-state index contributed by atoms with van der Waals surface area (Å²) in [5.74, 6) is 1.79. The van der Waals surface area contributed by atoms with Gasteiger partial charge in [-0.1, -0.05) is 49.3 Å². The summed E-state index contributed by atoms with van der Waals surface area (Å²) in [6, 6.07) is 10.8. The molecule has 25 heavy (non-hydrogen) atoms. The van der Waals surface area contributed by atoms with Crippen molar-refractivity contribution >= 4 is 5.96 Å². The summed E-state index contributed by atoms with van der Waals surface area (Å²) in [5, 5.41) is 11.1. The molecular formula is C20H28N4O. The van der Waals surface area contributed by atoms with Crippen molar-refractivity contribution in [3.05, 3.63) is 52.9 Å². The van der Waals surface area contributed by atoms with Crippen LogP contribution in [-0.2, 0) is 24.8 Å². The van der Waals surface area contributed by atoms with Gasteiger partial charge in [-0.2, -0.15) is 0 Å². The lowest BCUT2D eigenvalue weighted by Crippen LogP contribution is -2.41. The van der Waals surface area contributed by atoms with E-state index in [1.807, 2.05) is 7.05 Å². The van der Waals surface area contributed by atoms with E-state index in [1.54, 1.807) is 0 Å². The molecule has 2 aromatic rings. The first-order valence-electron chi connectivity index (χ1n) is 9.18. The summed E-state index contributed by atoms with van der Waals surface area (Å²) in [6.07, 6.45) is 4.19. The van der Waals surface area contributed by atoms with Crippen molar-refractivity contribution < 1.29 is 4.52 Å². The molecule has 1 aromatic heterocycles. The average molecular weight is 340 g/mol. The zero-order chi connectivity index (χ0) is 17.7. The summed E-state index contributed by atoms with van der Waals surface area (Å²) in [4.78, 5) is 4.37. The fourth-order valence-electron chi connectivity index (χ4n) is 3.29. The number of hydrogen-bond acceptors (Lipinski definition) is 3. The zero-order valence-corrected chi connectivity index (χ0v) is 15.4. The van der Waals surface area contributed by atoms with Gasteiger partial charge in [0.25, 0.3) is 0 Å². The fourth-order valence-corrected chi connectivity index (χ4v) is 3.29. The van der Waals surface area contributed by atoms with Gasteiger partial charge in [0.2, 0.25) is 0 Å². The summed E-state index contributed by atoms with van der Waals surface area (Å²) in [5.41, 5.74) is 3.87. The van der Waals surface area contributed by atoms with Crippen molar-refractivity contribution in [2.24, 2.45) is 4.99 Å². The summed E-state index contributed by atoms with van der Waals surface area (Å²) >= 11 is 0. The number of aryl methyl sites for hydroxylation is 2. The maximum atomic E-state index is 5.43. The summed E-state index contributed by atoms with van der Waals surface area (Å²) in [6.45, 7) is 5.78. The molecule has 1 heterocycles. The van der Waals surface area contributed by atoms with Gasteiger partial charge in [-0.05, 0) is 24.8 Å². The third-order valence-corrected chi connectivity index (χ3v) is 5.10. The zero-order valence-electron chi connectivity index (χ0n) is 15.4. The van der Waals surface area contributed by atoms with Crippen LogP contribution in [0.4, 0.5) is 0 Å². The molecule has 0 unspecified atom stereocenters. The maximum absolute atomic E-state index is 5.43. The quantitative estimate of drug-likeness (QED) is 0.600. The molecule has 1 aliphatic rings. The highest BCUT2D eigenvalue weighted by atomic mass is 16.5. The smallest absolute Gasteiger partial charge is 0.191 e. The van der Waals surface area contributed by atoms with Gasteiger partial charge in [0.15, 0.2) is 5.96 Å². The Hall–Kier alpha value is -2.30. The average Bonchev–Trinajstić information content (AvgIpc) is 3.35. The summed E-state index contributed by atoms with van der Waals surface area (Å²) < 4.78 is 5.43. The molecule has 0 atom stereocenters. The number of guanidine groups is 1. The van der Waals surface area contributed by atoms with Crippen molar-refractivity contribution in [1.82, 2.24) is 15.8 Å². The second-order valence-electron chi connectivity index (χ2n) is 6.66. The van der Waals surface area contributed by atoms with E-state index < -0.39 is 0 Å². The predicted octanol–water partition coefficient (Wildman–Crippen LogP) is 3.20. The SMILES string of the molecule is CCc1noc(CC)c1CNC(=NC)NCC1(c2ccccc2)CC1. The molecule has 1 saturated carbocycles. The van der Waals surface area contributed by atoms with Crippen molar-refractivity contribution in [2.75, 3.05) is 13.6 Å². The van der Waals surface area contributed by atoms with Crippen LogP contribution < -0.4 is 10.6 Å². The van der Waals surface area contributed by atoms with Gasteiger partial charge in [-0.3, -0.25) is 4.99 Å². The molecule has 0 bridgehead atoms. The van der Waals surface area contributed by atoms with Crippen molar-refractivity contribution in [1.29, 1.82) is 0 Å². The first kappa shape index (κ1) is 17.5. The lowest BCUT2D eigenvalue weighted by molar-refractivity contribution is 0.380. The molecule has 0 saturated heterocycles. The Balaban J connectivity index is 1.59. The van der Waals surface area contributed by atoms with E-state index in [1.165, 1.54) is 18.4 Å². The molecule has 5 heteroatoms. The van der Waals surface area contributed by atoms with E-state index >= 15 is 0 Å². The third kappa shape index (κ3) is 3.86. The van der Waals surface area contributed by atoms with Crippen LogP contribution in [0.1, 0.15) is 49.3 Å². The fraction of sp³-hybridized carbons (Fsp3) is 0.500. The van der Waals surface area contributed by atoms with Gasteiger partial charge in [0.05, 0.1) is 5.69 Å². The van der Waals surface area contributed by atoms with E-state index in [4.69, 9.17) is 4.52 Å². The van der Waals surface area contributed by atoms with E-state index in [0.29, 0.717) is 6.54 Å². The van der Waals surface area contributed by atoms with Gasteiger partial charge < -0.3 is 15.2 Å². The number of nitrogens with zero attached hydrogens (tertiary/aromatic N) is 2. The van der Waals surface area contributed by atoms with Crippen molar-refractivity contribution in [3.63, 3.8) is 0 Å². The summed E-state index contributed by atoms with van der Waals surface area (Å²) in [7, 11) is 1.81. The van der Waals surface area contributed by atoms with Crippen LogP contribution in [0.3, 0.4) is 0 Å². The molecule has 2 N–H and O–H groups in total. The predicted molar refractivity (Wildman–Crippen MR) is 101 cm³/mol. The Kier molecular flexibility index (Phi) is 5.41. The Labute approximate surface area is 149 Å². The normalized spacial score (nSPS) is 15.9. The Bertz CT molecular complexity index is 695. The van der Waals surface area contributed by atoms with Crippen LogP contribution in [0.25, 0.3) is 0 Å². The standard InChI is InChI=1S/C20H28N4O/c1-4-17-16(18(5-2)25-24-17)13-22-19(21-3)23-14-20(11-12-20)15-9-7-6-8-10-15/h6-10H,4-5,11-14H2,1-3H3,(H2,21,22,23). The number of hydrogen-bond donors (Lipinski definition) is 2. The topological polar surface area (TPSA) is 62.5 Å². The maximum Gasteiger partial charge on any atom is 0.191 e. The third-order valence-electron chi connectivity index (χ3n) is 5.10. The van der Waals surface area contributed by atoms with Crippen LogP contribution in [0, 0.1) is 0 Å². The van der Waals surface area contributed by atoms with Crippen LogP contribution >= 0.6 is 0 Å². The molecule has 1 aromatic carbocycles. The second kappa shape index (κ2) is 7.72. The lowest BCUT2D eigenvalue weighted by Gasteiger charge is -2.19. The largest absolute Gasteiger partial charge is 0.361 e. The minimum Gasteiger partial charge on any atom is -0.361 e. The first-order chi connectivity index (χ1) is 12.2. The molecular weight excluding hydrogens is 312 g/mol. The van der Waals surface area contributed by atoms with Crippen molar-refractivity contribution in [3.8, 4) is 0 Å². The monoisotopic (exact) mass is 340 g/mol. The molecule has 0 amide bonds. The number of rotatable bonds is 7. The second-order valence-corrected chi connectivity index (χ2v) is 6.66. The highest BCUT2D eigenvalue weighted by molar-refractivity contribution is 5.79. The van der Waals surface area contributed by atoms with Gasteiger partial charge in [-0.25, -0.2) is 0 Å². The van der Waals surface area contributed by atoms with Crippen LogP contribution in [0.5, 0.6) is 0 Å². The van der Waals surface area contributed by atoms with E-state index in [2.05, 4.69) is 65.0 Å². The van der Waals surface area contributed by atoms with E-state index in [0.717, 1.165) is 42.4 Å². The minimum atomic E-state index is 0.263. The molecule has 3 rings (SSSR count). The highest BCUT2D eigenvalue weighted by Crippen LogP contribution is 2.47. The van der Waals surface area contributed by atoms with Gasteiger partial charge in [0.1, 0.15) is 5.76 Å². The Morgan fingerprint density at radius 1 is 1.16 bits per heavy atom. The molecule has 5 nitrogen and oxygen atoms in total. The molecule has 0 aliphatic heterocycles. The van der Waals surface area contributed by atoms with Crippen molar-refractivity contribution in [2.45, 2.75) is 51.5 Å². The molecule has 1 aliphatic carbocycles. The van der Waals surface area contributed by atoms with Crippen LogP contribution in [0.2, 0.25) is 0 Å². The minimum absolute atomic E-state index is 0.263. The van der Waals surface area contributed by atoms with E-state index in [9.17, 15) is 0 Å². The van der Waals surface area contributed by atoms with E-state index in [-0.39, 0.29) is 5.41 Å². The van der Waals surface area contributed by atoms with Gasteiger partial charge in [0, 0.05) is 37.5 Å². The number of benzene rings is 1. The Morgan fingerprint density at radius 2 is 1.92 bits per heavy atom. The van der Waals surface area contributed by atoms with Gasteiger partial charge in [-0.15, -0.1) is 0 Å². The lowest BCUT2D eigenvalue weighted by atomic mass is 9.96. The number of nitrogens with one attached hydrogen (secondary N) is 2. The molecule has 0 spiro atoms. The van der Waals surface area contributed by atoms with Gasteiger partial charge >= 0.3 is 0 Å². The number of aromatic nitrogens is 1. The highest BCUT2D eigenvalue weighted by Gasteiger charge is 2.43. The number of aliphatic imine (C=N–C) groups is 1. The molecule has 0 radical (unpaired) electrons. The Morgan fingerprint density at radius 3 is 2.52 bits per heavy atom. The molecule has 1 fully saturated rings. The van der Waals surface area contributed by atoms with Crippen LogP contribution in [-0.4, -0.2) is 24.7 Å². The van der Waals surface area contributed by atoms with Crippen LogP contribution in [0.15, 0.2) is 39.8 Å². The first-order valence-corrected chi connectivity index (χ1v) is 9.18.